The molecule has 0 aromatic heterocycles. The molecule has 3 rings (SSSR count). The molecule has 0 heterocycles. The van der Waals surface area contributed by atoms with Gasteiger partial charge in [-0.3, -0.25) is 9.59 Å². The van der Waals surface area contributed by atoms with Crippen LogP contribution in [0.3, 0.4) is 0 Å². The topological polar surface area (TPSA) is 83.1 Å². The Balaban J connectivity index is 2.44. The van der Waals surface area contributed by atoms with Gasteiger partial charge in [0.1, 0.15) is 0 Å². The highest BCUT2D eigenvalue weighted by atomic mass is 16.5. The number of carbonyl (C=O) groups is 1. The number of methoxy groups -OCH3 is 4. The smallest absolute Gasteiger partial charge is 0.220 e. The second-order valence-electron chi connectivity index (χ2n) is 7.43. The van der Waals surface area contributed by atoms with Gasteiger partial charge in [0.25, 0.3) is 0 Å². The lowest BCUT2D eigenvalue weighted by molar-refractivity contribution is -0.121. The molecule has 0 spiro atoms. The molecule has 166 valence electrons. The van der Waals surface area contributed by atoms with Crippen LogP contribution in [0.2, 0.25) is 0 Å². The zero-order valence-corrected chi connectivity index (χ0v) is 18.9. The molecule has 7 nitrogen and oxygen atoms in total. The minimum atomic E-state index is -0.333. The van der Waals surface area contributed by atoms with E-state index < -0.39 is 0 Å². The highest BCUT2D eigenvalue weighted by Gasteiger charge is 2.30. The van der Waals surface area contributed by atoms with Gasteiger partial charge in [-0.15, -0.1) is 0 Å². The van der Waals surface area contributed by atoms with Crippen LogP contribution in [0.15, 0.2) is 23.0 Å². The van der Waals surface area contributed by atoms with Crippen LogP contribution in [-0.4, -0.2) is 34.3 Å². The fourth-order valence-electron chi connectivity index (χ4n) is 4.21. The Morgan fingerprint density at radius 3 is 2.26 bits per heavy atom. The number of ether oxygens (including phenoxy) is 4. The van der Waals surface area contributed by atoms with Gasteiger partial charge in [-0.05, 0) is 60.2 Å². The Hall–Kier alpha value is -3.22. The van der Waals surface area contributed by atoms with Crippen molar-refractivity contribution in [2.45, 2.75) is 39.2 Å². The maximum Gasteiger partial charge on any atom is 0.220 e. The quantitative estimate of drug-likeness (QED) is 0.759. The number of hydrogen-bond acceptors (Lipinski definition) is 6. The van der Waals surface area contributed by atoms with Gasteiger partial charge in [0, 0.05) is 12.0 Å². The number of benzene rings is 1. The molecule has 0 bridgehead atoms. The molecule has 31 heavy (non-hydrogen) atoms. The van der Waals surface area contributed by atoms with Crippen LogP contribution in [-0.2, 0) is 11.2 Å². The molecule has 2 aromatic rings. The predicted molar refractivity (Wildman–Crippen MR) is 119 cm³/mol. The summed E-state index contributed by atoms with van der Waals surface area (Å²) < 4.78 is 22.3. The van der Waals surface area contributed by atoms with E-state index in [1.165, 1.54) is 7.11 Å². The first-order valence-corrected chi connectivity index (χ1v) is 10.2. The number of aryl methyl sites for hydroxylation is 2. The van der Waals surface area contributed by atoms with Crippen LogP contribution in [0, 0.1) is 6.92 Å². The third kappa shape index (κ3) is 4.04. The molecular formula is C24H29NO6. The van der Waals surface area contributed by atoms with Crippen LogP contribution < -0.4 is 29.7 Å². The summed E-state index contributed by atoms with van der Waals surface area (Å²) in [6, 6.07) is 5.08. The van der Waals surface area contributed by atoms with Crippen molar-refractivity contribution in [3.63, 3.8) is 0 Å². The summed E-state index contributed by atoms with van der Waals surface area (Å²) in [7, 11) is 6.20. The van der Waals surface area contributed by atoms with Crippen LogP contribution in [0.1, 0.15) is 42.5 Å². The Bertz CT molecular complexity index is 1060. The van der Waals surface area contributed by atoms with E-state index in [9.17, 15) is 9.59 Å². The van der Waals surface area contributed by atoms with Crippen LogP contribution in [0.25, 0.3) is 11.1 Å². The first-order chi connectivity index (χ1) is 14.9. The van der Waals surface area contributed by atoms with E-state index in [2.05, 4.69) is 5.32 Å². The van der Waals surface area contributed by atoms with Crippen molar-refractivity contribution in [1.82, 2.24) is 5.32 Å². The fraction of sp³-hybridized carbons (Fsp3) is 0.417. The van der Waals surface area contributed by atoms with Gasteiger partial charge in [-0.25, -0.2) is 0 Å². The third-order valence-electron chi connectivity index (χ3n) is 5.66. The molecule has 2 aromatic carbocycles. The lowest BCUT2D eigenvalue weighted by atomic mass is 9.95. The molecule has 0 aliphatic heterocycles. The van der Waals surface area contributed by atoms with Crippen LogP contribution in [0.5, 0.6) is 23.0 Å². The molecule has 1 aliphatic rings. The zero-order chi connectivity index (χ0) is 22.7. The van der Waals surface area contributed by atoms with Gasteiger partial charge in [-0.1, -0.05) is 6.92 Å². The minimum absolute atomic E-state index is 0.0772. The van der Waals surface area contributed by atoms with Gasteiger partial charge < -0.3 is 24.3 Å². The second kappa shape index (κ2) is 9.29. The number of amides is 1. The molecule has 7 heteroatoms. The minimum Gasteiger partial charge on any atom is -0.493 e. The summed E-state index contributed by atoms with van der Waals surface area (Å²) in [5.74, 6) is 1.76. The average Bonchev–Trinajstić information content (AvgIpc) is 2.98. The molecule has 1 amide bonds. The van der Waals surface area contributed by atoms with Crippen LogP contribution in [0.4, 0.5) is 0 Å². The van der Waals surface area contributed by atoms with Gasteiger partial charge >= 0.3 is 0 Å². The van der Waals surface area contributed by atoms with E-state index in [0.717, 1.165) is 22.3 Å². The van der Waals surface area contributed by atoms with Gasteiger partial charge in [0.15, 0.2) is 17.2 Å². The fourth-order valence-corrected chi connectivity index (χ4v) is 4.21. The van der Waals surface area contributed by atoms with E-state index in [4.69, 9.17) is 18.9 Å². The molecule has 1 aliphatic carbocycles. The zero-order valence-electron chi connectivity index (χ0n) is 18.9. The summed E-state index contributed by atoms with van der Waals surface area (Å²) in [6.45, 7) is 3.63. The van der Waals surface area contributed by atoms with Crippen molar-refractivity contribution in [3.8, 4) is 34.1 Å². The van der Waals surface area contributed by atoms with Crippen LogP contribution >= 0.6 is 0 Å². The van der Waals surface area contributed by atoms with E-state index >= 15 is 0 Å². The Morgan fingerprint density at radius 2 is 1.68 bits per heavy atom. The highest BCUT2D eigenvalue weighted by molar-refractivity contribution is 5.84. The number of rotatable bonds is 6. The van der Waals surface area contributed by atoms with Gasteiger partial charge in [0.05, 0.1) is 34.5 Å². The van der Waals surface area contributed by atoms with Crippen molar-refractivity contribution < 1.29 is 23.7 Å². The Kier molecular flexibility index (Phi) is 6.73. The normalized spacial score (nSPS) is 14.6. The van der Waals surface area contributed by atoms with Gasteiger partial charge in [-0.2, -0.15) is 0 Å². The number of nitrogens with one attached hydrogen (secondary N) is 1. The van der Waals surface area contributed by atoms with E-state index in [1.54, 1.807) is 34.3 Å². The van der Waals surface area contributed by atoms with E-state index in [1.807, 2.05) is 19.1 Å². The van der Waals surface area contributed by atoms with Crippen molar-refractivity contribution >= 4 is 5.91 Å². The van der Waals surface area contributed by atoms with Crippen molar-refractivity contribution in [3.05, 3.63) is 45.1 Å². The number of hydrogen-bond donors (Lipinski definition) is 1. The largest absolute Gasteiger partial charge is 0.493 e. The Morgan fingerprint density at radius 1 is 1.00 bits per heavy atom. The standard InChI is InChI=1S/C24H29NO6/c1-7-20(27)25-17-9-8-14-11-19(28-3)23(30-5)24(31-6)21(14)16-10-13(2)22(29-4)18(26)12-15(16)17/h10-12,17H,7-9H2,1-6H3,(H,25,27). The second-order valence-corrected chi connectivity index (χ2v) is 7.43. The Labute approximate surface area is 182 Å². The molecule has 1 unspecified atom stereocenters. The lowest BCUT2D eigenvalue weighted by Gasteiger charge is -2.20. The maximum absolute atomic E-state index is 12.9. The van der Waals surface area contributed by atoms with Gasteiger partial charge in [0.2, 0.25) is 17.1 Å². The maximum atomic E-state index is 12.9. The summed E-state index contributed by atoms with van der Waals surface area (Å²) in [4.78, 5) is 25.2. The molecule has 0 fully saturated rings. The lowest BCUT2D eigenvalue weighted by Crippen LogP contribution is -2.28. The molecule has 1 N–H and O–H groups in total. The first-order valence-electron chi connectivity index (χ1n) is 10.2. The third-order valence-corrected chi connectivity index (χ3v) is 5.66. The summed E-state index contributed by atoms with van der Waals surface area (Å²) >= 11 is 0. The van der Waals surface area contributed by atoms with Crippen molar-refractivity contribution in [1.29, 1.82) is 0 Å². The van der Waals surface area contributed by atoms with Crippen molar-refractivity contribution in [2.24, 2.45) is 0 Å². The molecular weight excluding hydrogens is 398 g/mol. The van der Waals surface area contributed by atoms with E-state index in [0.29, 0.717) is 42.1 Å². The summed E-state index contributed by atoms with van der Waals surface area (Å²) in [5, 5.41) is 3.07. The molecule has 0 saturated heterocycles. The van der Waals surface area contributed by atoms with E-state index in [-0.39, 0.29) is 23.1 Å². The first kappa shape index (κ1) is 22.5. The predicted octanol–water partition coefficient (Wildman–Crippen LogP) is 3.57. The molecule has 1 atom stereocenters. The molecule has 0 radical (unpaired) electrons. The number of fused-ring (bicyclic) bond motifs is 3. The summed E-state index contributed by atoms with van der Waals surface area (Å²) in [5.41, 5.74) is 3.79. The summed E-state index contributed by atoms with van der Waals surface area (Å²) in [6.07, 6.45) is 1.63. The highest BCUT2D eigenvalue weighted by Crippen LogP contribution is 2.50. The average molecular weight is 427 g/mol. The molecule has 0 saturated carbocycles. The number of carbonyl (C=O) groups excluding carboxylic acids is 1. The monoisotopic (exact) mass is 427 g/mol. The SMILES string of the molecule is CCC(=O)NC1CCc2cc(OC)c(OC)c(OC)c2-c2cc(C)c(OC)c(=O)cc21. The van der Waals surface area contributed by atoms with Crippen molar-refractivity contribution in [2.75, 3.05) is 28.4 Å².